The van der Waals surface area contributed by atoms with Crippen molar-refractivity contribution in [3.05, 3.63) is 11.9 Å². The summed E-state index contributed by atoms with van der Waals surface area (Å²) < 4.78 is 46.9. The van der Waals surface area contributed by atoms with Crippen molar-refractivity contribution in [3.8, 4) is 6.07 Å². The van der Waals surface area contributed by atoms with E-state index >= 15 is 0 Å². The summed E-state index contributed by atoms with van der Waals surface area (Å²) in [7, 11) is 5.18. The van der Waals surface area contributed by atoms with E-state index in [1.165, 1.54) is 33.2 Å². The summed E-state index contributed by atoms with van der Waals surface area (Å²) in [6.45, 7) is 8.68. The first-order valence-corrected chi connectivity index (χ1v) is 12.4. The summed E-state index contributed by atoms with van der Waals surface area (Å²) in [4.78, 5) is 0. The SMILES string of the molecule is [B][C@@H](COC)O[C@H](/C=C/P(=O)(OC)OC)COP(OCCC#N)N(C(C)C)C(C)C. The van der Waals surface area contributed by atoms with E-state index in [1.807, 2.05) is 27.7 Å². The molecule has 0 aromatic carbocycles. The van der Waals surface area contributed by atoms with E-state index in [1.54, 1.807) is 0 Å². The highest BCUT2D eigenvalue weighted by Gasteiger charge is 2.28. The van der Waals surface area contributed by atoms with E-state index in [9.17, 15) is 4.57 Å². The van der Waals surface area contributed by atoms with E-state index in [0.717, 1.165) is 0 Å². The highest BCUT2D eigenvalue weighted by atomic mass is 31.2. The summed E-state index contributed by atoms with van der Waals surface area (Å²) in [5, 5.41) is 8.81. The van der Waals surface area contributed by atoms with Crippen molar-refractivity contribution in [1.82, 2.24) is 4.67 Å². The van der Waals surface area contributed by atoms with Gasteiger partial charge in [-0.1, -0.05) is 0 Å². The average molecular weight is 464 g/mol. The maximum absolute atomic E-state index is 12.3. The summed E-state index contributed by atoms with van der Waals surface area (Å²) in [6.07, 6.45) is 1.14. The predicted octanol–water partition coefficient (Wildman–Crippen LogP) is 3.80. The van der Waals surface area contributed by atoms with Crippen LogP contribution in [-0.4, -0.2) is 77.9 Å². The molecular formula is C18H35BN2O7P2. The molecule has 2 radical (unpaired) electrons. The van der Waals surface area contributed by atoms with Crippen molar-refractivity contribution in [2.45, 2.75) is 58.3 Å². The van der Waals surface area contributed by atoms with Crippen LogP contribution in [0.4, 0.5) is 0 Å². The zero-order valence-corrected chi connectivity index (χ0v) is 20.8. The fourth-order valence-corrected chi connectivity index (χ4v) is 4.83. The molecule has 0 heterocycles. The molecule has 0 aromatic heterocycles. The second-order valence-corrected chi connectivity index (χ2v) is 10.3. The first kappa shape index (κ1) is 29.7. The molecule has 30 heavy (non-hydrogen) atoms. The van der Waals surface area contributed by atoms with Gasteiger partial charge in [-0.05, 0) is 33.8 Å². The molecule has 0 aliphatic rings. The molecular weight excluding hydrogens is 429 g/mol. The zero-order chi connectivity index (χ0) is 23.2. The lowest BCUT2D eigenvalue weighted by atomic mass is 10.0. The van der Waals surface area contributed by atoms with E-state index in [0.29, 0.717) is 0 Å². The van der Waals surface area contributed by atoms with Crippen molar-refractivity contribution in [2.75, 3.05) is 41.2 Å². The Labute approximate surface area is 183 Å². The van der Waals surface area contributed by atoms with Crippen molar-refractivity contribution in [3.63, 3.8) is 0 Å². The van der Waals surface area contributed by atoms with Crippen LogP contribution in [0.3, 0.4) is 0 Å². The van der Waals surface area contributed by atoms with Crippen LogP contribution >= 0.6 is 16.1 Å². The smallest absolute Gasteiger partial charge is 0.353 e. The van der Waals surface area contributed by atoms with Gasteiger partial charge >= 0.3 is 7.60 Å². The molecule has 0 spiro atoms. The van der Waals surface area contributed by atoms with Crippen molar-refractivity contribution >= 4 is 24.0 Å². The summed E-state index contributed by atoms with van der Waals surface area (Å²) in [5.41, 5.74) is 0. The monoisotopic (exact) mass is 464 g/mol. The Morgan fingerprint density at radius 1 is 1.10 bits per heavy atom. The molecule has 9 nitrogen and oxygen atoms in total. The first-order chi connectivity index (χ1) is 14.1. The topological polar surface area (TPSA) is 99.5 Å². The Balaban J connectivity index is 5.43. The highest BCUT2D eigenvalue weighted by Crippen LogP contribution is 2.49. The lowest BCUT2D eigenvalue weighted by molar-refractivity contribution is -0.00713. The van der Waals surface area contributed by atoms with E-state index < -0.39 is 28.2 Å². The summed E-state index contributed by atoms with van der Waals surface area (Å²) in [6, 6.07) is 1.67. The average Bonchev–Trinajstić information content (AvgIpc) is 2.69. The van der Waals surface area contributed by atoms with Gasteiger partial charge in [-0.25, -0.2) is 4.67 Å². The van der Waals surface area contributed by atoms with Gasteiger partial charge in [0.15, 0.2) is 0 Å². The Morgan fingerprint density at radius 2 is 1.70 bits per heavy atom. The van der Waals surface area contributed by atoms with Gasteiger partial charge in [0.25, 0.3) is 8.53 Å². The summed E-state index contributed by atoms with van der Waals surface area (Å²) >= 11 is 0. The van der Waals surface area contributed by atoms with Crippen LogP contribution in [0.25, 0.3) is 0 Å². The van der Waals surface area contributed by atoms with E-state index in [-0.39, 0.29) is 38.3 Å². The van der Waals surface area contributed by atoms with Crippen LogP contribution in [0.5, 0.6) is 0 Å². The third-order valence-corrected chi connectivity index (χ3v) is 7.31. The van der Waals surface area contributed by atoms with Gasteiger partial charge in [0.1, 0.15) is 7.85 Å². The molecule has 0 N–H and O–H groups in total. The maximum atomic E-state index is 12.3. The Hall–Kier alpha value is -0.325. The number of nitriles is 1. The second kappa shape index (κ2) is 16.3. The molecule has 0 aromatic rings. The first-order valence-electron chi connectivity index (χ1n) is 9.65. The molecule has 0 rings (SSSR count). The number of hydrogen-bond donors (Lipinski definition) is 0. The zero-order valence-electron chi connectivity index (χ0n) is 19.0. The quantitative estimate of drug-likeness (QED) is 0.181. The van der Waals surface area contributed by atoms with Crippen molar-refractivity contribution in [2.24, 2.45) is 0 Å². The molecule has 0 aliphatic heterocycles. The lowest BCUT2D eigenvalue weighted by Crippen LogP contribution is -2.35. The molecule has 0 amide bonds. The summed E-state index contributed by atoms with van der Waals surface area (Å²) in [5.74, 6) is 1.31. The van der Waals surface area contributed by atoms with Crippen LogP contribution < -0.4 is 0 Å². The Kier molecular flexibility index (Phi) is 16.2. The number of methoxy groups -OCH3 is 1. The van der Waals surface area contributed by atoms with Gasteiger partial charge in [0.05, 0.1) is 38.4 Å². The molecule has 0 saturated carbocycles. The minimum atomic E-state index is -3.37. The Morgan fingerprint density at radius 3 is 2.17 bits per heavy atom. The fourth-order valence-electron chi connectivity index (χ4n) is 2.42. The highest BCUT2D eigenvalue weighted by molar-refractivity contribution is 7.57. The number of ether oxygens (including phenoxy) is 2. The van der Waals surface area contributed by atoms with Gasteiger partial charge in [-0.2, -0.15) is 5.26 Å². The third kappa shape index (κ3) is 11.9. The van der Waals surface area contributed by atoms with Gasteiger partial charge in [-0.3, -0.25) is 4.57 Å². The number of rotatable bonds is 17. The molecule has 0 fully saturated rings. The van der Waals surface area contributed by atoms with E-state index in [4.69, 9.17) is 40.7 Å². The number of hydrogen-bond acceptors (Lipinski definition) is 9. The molecule has 0 aliphatic carbocycles. The van der Waals surface area contributed by atoms with Gasteiger partial charge in [0.2, 0.25) is 0 Å². The van der Waals surface area contributed by atoms with Gasteiger partial charge < -0.3 is 27.6 Å². The van der Waals surface area contributed by atoms with Crippen LogP contribution in [0.2, 0.25) is 0 Å². The van der Waals surface area contributed by atoms with Gasteiger partial charge in [-0.15, -0.1) is 0 Å². The van der Waals surface area contributed by atoms with Crippen LogP contribution in [0.1, 0.15) is 34.1 Å². The van der Waals surface area contributed by atoms with Crippen LogP contribution in [-0.2, 0) is 32.1 Å². The molecule has 0 bridgehead atoms. The van der Waals surface area contributed by atoms with Gasteiger partial charge in [0, 0.05) is 45.2 Å². The predicted molar refractivity (Wildman–Crippen MR) is 118 cm³/mol. The van der Waals surface area contributed by atoms with Crippen molar-refractivity contribution < 1.29 is 32.1 Å². The lowest BCUT2D eigenvalue weighted by Gasteiger charge is -2.36. The minimum Gasteiger partial charge on any atom is -0.383 e. The largest absolute Gasteiger partial charge is 0.383 e. The molecule has 1 unspecified atom stereocenters. The molecule has 12 heteroatoms. The third-order valence-electron chi connectivity index (χ3n) is 3.68. The normalized spacial score (nSPS) is 15.8. The maximum Gasteiger partial charge on any atom is 0.353 e. The standard InChI is InChI=1S/C18H35BN2O7P2/c1-15(2)21(16(3)4)29(26-11-8-10-20)27-13-17(28-18(19)14-23-5)9-12-30(22,24-6)25-7/h9,12,15-18H,8,11,13-14H2,1-7H3/b12-9+/t17-,18-,29?/m1/s1. The van der Waals surface area contributed by atoms with E-state index in [2.05, 4.69) is 10.7 Å². The van der Waals surface area contributed by atoms with Crippen LogP contribution in [0.15, 0.2) is 11.9 Å². The second-order valence-electron chi connectivity index (χ2n) is 6.76. The minimum absolute atomic E-state index is 0.0789. The number of nitrogens with zero attached hydrogens (tertiary/aromatic N) is 2. The Bertz CT molecular complexity index is 559. The fraction of sp³-hybridized carbons (Fsp3) is 0.833. The van der Waals surface area contributed by atoms with Crippen molar-refractivity contribution in [1.29, 1.82) is 5.26 Å². The molecule has 172 valence electrons. The molecule has 0 saturated heterocycles. The molecule has 3 atom stereocenters. The van der Waals surface area contributed by atoms with Crippen LogP contribution in [0, 0.1) is 11.3 Å².